The van der Waals surface area contributed by atoms with E-state index in [0.717, 1.165) is 43.9 Å². The molecule has 0 spiro atoms. The van der Waals surface area contributed by atoms with Crippen LogP contribution in [-0.4, -0.2) is 15.8 Å². The molecule has 1 aliphatic rings. The molecule has 0 saturated carbocycles. The molecule has 0 saturated heterocycles. The van der Waals surface area contributed by atoms with Gasteiger partial charge in [-0.25, -0.2) is 15.0 Å². The molecule has 1 aliphatic heterocycles. The van der Waals surface area contributed by atoms with Crippen LogP contribution in [0.2, 0.25) is 0 Å². The maximum Gasteiger partial charge on any atom is 0.212 e. The zero-order valence-corrected chi connectivity index (χ0v) is 16.4. The number of fused-ring (bicyclic) bond motifs is 3. The number of hydrogen-bond donors (Lipinski definition) is 0. The van der Waals surface area contributed by atoms with Crippen molar-refractivity contribution < 1.29 is 0 Å². The molecule has 3 heterocycles. The molecule has 6 heteroatoms. The van der Waals surface area contributed by atoms with Crippen LogP contribution in [0.4, 0.5) is 10.3 Å². The first-order valence-corrected chi connectivity index (χ1v) is 10.6. The molecule has 0 unspecified atom stereocenters. The van der Waals surface area contributed by atoms with Crippen LogP contribution < -0.4 is 4.90 Å². The van der Waals surface area contributed by atoms with Crippen molar-refractivity contribution in [3.63, 3.8) is 0 Å². The second-order valence-electron chi connectivity index (χ2n) is 6.61. The molecular formula is C22H14N4S2. The highest BCUT2D eigenvalue weighted by Crippen LogP contribution is 2.36. The number of rotatable bonds is 2. The van der Waals surface area contributed by atoms with E-state index in [1.165, 1.54) is 10.3 Å². The van der Waals surface area contributed by atoms with Crippen molar-refractivity contribution in [2.45, 2.75) is 6.54 Å². The predicted molar refractivity (Wildman–Crippen MR) is 118 cm³/mol. The molecule has 0 radical (unpaired) electrons. The van der Waals surface area contributed by atoms with Gasteiger partial charge in [0.1, 0.15) is 5.84 Å². The zero-order valence-electron chi connectivity index (χ0n) is 14.7. The average Bonchev–Trinajstić information content (AvgIpc) is 3.42. The maximum atomic E-state index is 4.98. The fraction of sp³-hybridized carbons (Fsp3) is 0.0455. The van der Waals surface area contributed by atoms with Gasteiger partial charge in [-0.3, -0.25) is 4.90 Å². The van der Waals surface area contributed by atoms with Gasteiger partial charge in [-0.15, -0.1) is 0 Å². The fourth-order valence-corrected chi connectivity index (χ4v) is 5.32. The van der Waals surface area contributed by atoms with E-state index in [1.807, 2.05) is 24.3 Å². The first-order chi connectivity index (χ1) is 13.8. The highest BCUT2D eigenvalue weighted by Gasteiger charge is 2.29. The SMILES string of the molecule is c1ccc2c(c1)CN(c1nc3ccccc3s1)/C2=N/c1nc2ccccc2s1. The minimum absolute atomic E-state index is 0.777. The molecule has 4 nitrogen and oxygen atoms in total. The molecule has 28 heavy (non-hydrogen) atoms. The molecule has 0 fully saturated rings. The van der Waals surface area contributed by atoms with Gasteiger partial charge in [0.2, 0.25) is 5.13 Å². The number of amidine groups is 1. The molecule has 0 N–H and O–H groups in total. The first-order valence-electron chi connectivity index (χ1n) is 9.01. The van der Waals surface area contributed by atoms with E-state index in [-0.39, 0.29) is 0 Å². The summed E-state index contributed by atoms with van der Waals surface area (Å²) in [5.41, 5.74) is 4.44. The molecule has 6 rings (SSSR count). The highest BCUT2D eigenvalue weighted by molar-refractivity contribution is 7.22. The second-order valence-corrected chi connectivity index (χ2v) is 8.63. The molecule has 0 atom stereocenters. The van der Waals surface area contributed by atoms with Gasteiger partial charge in [0.05, 0.1) is 27.0 Å². The Kier molecular flexibility index (Phi) is 3.54. The van der Waals surface area contributed by atoms with E-state index < -0.39 is 0 Å². The van der Waals surface area contributed by atoms with Crippen LogP contribution in [0.15, 0.2) is 77.8 Å². The van der Waals surface area contributed by atoms with Crippen molar-refractivity contribution in [1.82, 2.24) is 9.97 Å². The van der Waals surface area contributed by atoms with Crippen molar-refractivity contribution >= 4 is 59.2 Å². The number of para-hydroxylation sites is 2. The molecule has 0 amide bonds. The third-order valence-electron chi connectivity index (χ3n) is 4.84. The second kappa shape index (κ2) is 6.22. The molecule has 134 valence electrons. The predicted octanol–water partition coefficient (Wildman–Crippen LogP) is 6.00. The normalized spacial score (nSPS) is 15.0. The van der Waals surface area contributed by atoms with E-state index in [0.29, 0.717) is 0 Å². The number of nitrogens with zero attached hydrogens (tertiary/aromatic N) is 4. The minimum atomic E-state index is 0.777. The van der Waals surface area contributed by atoms with E-state index >= 15 is 0 Å². The maximum absolute atomic E-state index is 4.98. The summed E-state index contributed by atoms with van der Waals surface area (Å²) in [5, 5.41) is 1.75. The van der Waals surface area contributed by atoms with Crippen molar-refractivity contribution in [2.24, 2.45) is 4.99 Å². The van der Waals surface area contributed by atoms with Gasteiger partial charge in [-0.2, -0.15) is 0 Å². The lowest BCUT2D eigenvalue weighted by Crippen LogP contribution is -2.23. The lowest BCUT2D eigenvalue weighted by molar-refractivity contribution is 1.04. The van der Waals surface area contributed by atoms with Gasteiger partial charge in [-0.05, 0) is 29.8 Å². The van der Waals surface area contributed by atoms with Crippen molar-refractivity contribution in [3.8, 4) is 0 Å². The van der Waals surface area contributed by atoms with E-state index in [1.54, 1.807) is 22.7 Å². The molecule has 2 aromatic heterocycles. The highest BCUT2D eigenvalue weighted by atomic mass is 32.1. The van der Waals surface area contributed by atoms with Crippen LogP contribution in [0.5, 0.6) is 0 Å². The first kappa shape index (κ1) is 15.9. The van der Waals surface area contributed by atoms with Crippen LogP contribution in [-0.2, 0) is 6.54 Å². The van der Waals surface area contributed by atoms with E-state index in [9.17, 15) is 0 Å². The van der Waals surface area contributed by atoms with Gasteiger partial charge in [0.15, 0.2) is 5.13 Å². The Balaban J connectivity index is 1.52. The summed E-state index contributed by atoms with van der Waals surface area (Å²) in [4.78, 5) is 16.8. The number of thiazole rings is 2. The van der Waals surface area contributed by atoms with Crippen LogP contribution in [0.1, 0.15) is 11.1 Å². The lowest BCUT2D eigenvalue weighted by Gasteiger charge is -2.14. The van der Waals surface area contributed by atoms with Crippen molar-refractivity contribution in [2.75, 3.05) is 4.90 Å². The van der Waals surface area contributed by atoms with Gasteiger partial charge >= 0.3 is 0 Å². The molecular weight excluding hydrogens is 384 g/mol. The summed E-state index contributed by atoms with van der Waals surface area (Å²) in [6, 6.07) is 24.9. The molecule has 0 aliphatic carbocycles. The Labute approximate surface area is 169 Å². The minimum Gasteiger partial charge on any atom is -0.297 e. The fourth-order valence-electron chi connectivity index (χ4n) is 3.52. The summed E-state index contributed by atoms with van der Waals surface area (Å²) in [6.45, 7) is 0.778. The van der Waals surface area contributed by atoms with E-state index in [4.69, 9.17) is 15.0 Å². The topological polar surface area (TPSA) is 41.4 Å². The van der Waals surface area contributed by atoms with Gasteiger partial charge in [0.25, 0.3) is 0 Å². The third kappa shape index (κ3) is 2.53. The van der Waals surface area contributed by atoms with Crippen LogP contribution in [0, 0.1) is 0 Å². The van der Waals surface area contributed by atoms with Crippen LogP contribution >= 0.6 is 22.7 Å². The summed E-state index contributed by atoms with van der Waals surface area (Å²) in [6.07, 6.45) is 0. The van der Waals surface area contributed by atoms with Crippen LogP contribution in [0.3, 0.4) is 0 Å². The smallest absolute Gasteiger partial charge is 0.212 e. The van der Waals surface area contributed by atoms with Crippen LogP contribution in [0.25, 0.3) is 20.4 Å². The molecule has 0 bridgehead atoms. The Morgan fingerprint density at radius 3 is 2.21 bits per heavy atom. The standard InChI is InChI=1S/C22H14N4S2/c1-2-8-15-14(7-1)13-26(22-24-17-10-4-6-12-19(17)28-22)20(15)25-21-23-16-9-3-5-11-18(16)27-21/h1-12H,13H2/b25-20+. The number of benzene rings is 3. The summed E-state index contributed by atoms with van der Waals surface area (Å²) < 4.78 is 2.34. The third-order valence-corrected chi connectivity index (χ3v) is 6.83. The Morgan fingerprint density at radius 2 is 1.43 bits per heavy atom. The largest absolute Gasteiger partial charge is 0.297 e. The average molecular weight is 399 g/mol. The monoisotopic (exact) mass is 398 g/mol. The number of anilines is 1. The zero-order chi connectivity index (χ0) is 18.5. The van der Waals surface area contributed by atoms with E-state index in [2.05, 4.69) is 53.4 Å². The van der Waals surface area contributed by atoms with Gasteiger partial charge < -0.3 is 0 Å². The summed E-state index contributed by atoms with van der Waals surface area (Å²) in [7, 11) is 0. The Bertz CT molecular complexity index is 1300. The van der Waals surface area contributed by atoms with Crippen molar-refractivity contribution in [1.29, 1.82) is 0 Å². The van der Waals surface area contributed by atoms with Gasteiger partial charge in [0, 0.05) is 5.56 Å². The quantitative estimate of drug-likeness (QED) is 0.366. The number of aromatic nitrogens is 2. The number of aliphatic imine (C=N–C) groups is 1. The van der Waals surface area contributed by atoms with Crippen molar-refractivity contribution in [3.05, 3.63) is 83.9 Å². The number of hydrogen-bond acceptors (Lipinski definition) is 5. The molecule has 5 aromatic rings. The Morgan fingerprint density at radius 1 is 0.750 bits per heavy atom. The Hall–Kier alpha value is -3.09. The summed E-state index contributed by atoms with van der Waals surface area (Å²) >= 11 is 3.32. The lowest BCUT2D eigenvalue weighted by atomic mass is 10.1. The van der Waals surface area contributed by atoms with Gasteiger partial charge in [-0.1, -0.05) is 71.2 Å². The molecule has 3 aromatic carbocycles. The summed E-state index contributed by atoms with van der Waals surface area (Å²) in [5.74, 6) is 0.925.